The van der Waals surface area contributed by atoms with E-state index in [4.69, 9.17) is 10.5 Å². The maximum absolute atomic E-state index is 12.1. The highest BCUT2D eigenvalue weighted by atomic mass is 16.5. The van der Waals surface area contributed by atoms with Gasteiger partial charge in [-0.25, -0.2) is 0 Å². The minimum absolute atomic E-state index is 0.174. The highest BCUT2D eigenvalue weighted by Gasteiger charge is 2.16. The summed E-state index contributed by atoms with van der Waals surface area (Å²) in [7, 11) is 1.53. The molecule has 1 aromatic heterocycles. The van der Waals surface area contributed by atoms with Gasteiger partial charge in [-0.3, -0.25) is 9.48 Å². The van der Waals surface area contributed by atoms with Crippen molar-refractivity contribution in [2.75, 3.05) is 18.2 Å². The molecule has 0 saturated heterocycles. The molecular weight excluding hydrogens is 244 g/mol. The minimum atomic E-state index is -0.405. The number of amides is 1. The van der Waals surface area contributed by atoms with Gasteiger partial charge in [0.05, 0.1) is 12.8 Å². The van der Waals surface area contributed by atoms with Gasteiger partial charge in [0.1, 0.15) is 11.8 Å². The van der Waals surface area contributed by atoms with Crippen LogP contribution < -0.4 is 15.8 Å². The first-order valence-electron chi connectivity index (χ1n) is 5.85. The Balaban J connectivity index is 2.15. The third kappa shape index (κ3) is 2.85. The number of methoxy groups -OCH3 is 1. The van der Waals surface area contributed by atoms with Gasteiger partial charge in [-0.2, -0.15) is 5.10 Å². The standard InChI is InChI=1S/C13H16N4O2/c1-9(17-7-3-6-15-17)13(18)16-11-5-4-10(14)8-12(11)19-2/h3-9H,14H2,1-2H3,(H,16,18). The van der Waals surface area contributed by atoms with Crippen molar-refractivity contribution in [1.82, 2.24) is 9.78 Å². The highest BCUT2D eigenvalue weighted by molar-refractivity contribution is 5.95. The first-order valence-corrected chi connectivity index (χ1v) is 5.85. The van der Waals surface area contributed by atoms with Crippen molar-refractivity contribution >= 4 is 17.3 Å². The fraction of sp³-hybridized carbons (Fsp3) is 0.231. The first kappa shape index (κ1) is 12.9. The van der Waals surface area contributed by atoms with Crippen LogP contribution >= 0.6 is 0 Å². The lowest BCUT2D eigenvalue weighted by Gasteiger charge is -2.15. The number of nitrogen functional groups attached to an aromatic ring is 1. The van der Waals surface area contributed by atoms with E-state index < -0.39 is 6.04 Å². The van der Waals surface area contributed by atoms with E-state index in [-0.39, 0.29) is 5.91 Å². The fourth-order valence-electron chi connectivity index (χ4n) is 1.68. The molecule has 1 aromatic carbocycles. The number of carbonyl (C=O) groups is 1. The van der Waals surface area contributed by atoms with Crippen molar-refractivity contribution in [1.29, 1.82) is 0 Å². The average molecular weight is 260 g/mol. The number of carbonyl (C=O) groups excluding carboxylic acids is 1. The van der Waals surface area contributed by atoms with E-state index in [0.717, 1.165) is 0 Å². The zero-order valence-corrected chi connectivity index (χ0v) is 10.8. The molecule has 0 aliphatic heterocycles. The molecule has 1 amide bonds. The lowest BCUT2D eigenvalue weighted by molar-refractivity contribution is -0.119. The monoisotopic (exact) mass is 260 g/mol. The van der Waals surface area contributed by atoms with Gasteiger partial charge in [0, 0.05) is 24.1 Å². The van der Waals surface area contributed by atoms with E-state index in [9.17, 15) is 4.79 Å². The number of ether oxygens (including phenoxy) is 1. The summed E-state index contributed by atoms with van der Waals surface area (Å²) in [4.78, 5) is 12.1. The van der Waals surface area contributed by atoms with Gasteiger partial charge >= 0.3 is 0 Å². The molecule has 100 valence electrons. The zero-order chi connectivity index (χ0) is 13.8. The third-order valence-corrected chi connectivity index (χ3v) is 2.78. The van der Waals surface area contributed by atoms with Crippen LogP contribution in [0.4, 0.5) is 11.4 Å². The van der Waals surface area contributed by atoms with E-state index in [1.54, 1.807) is 48.3 Å². The number of nitrogens with one attached hydrogen (secondary N) is 1. The van der Waals surface area contributed by atoms with Gasteiger partial charge in [-0.05, 0) is 25.1 Å². The van der Waals surface area contributed by atoms with Crippen LogP contribution in [0.5, 0.6) is 5.75 Å². The minimum Gasteiger partial charge on any atom is -0.494 e. The number of benzene rings is 1. The van der Waals surface area contributed by atoms with Crippen LogP contribution in [0.3, 0.4) is 0 Å². The number of rotatable bonds is 4. The molecule has 0 aliphatic carbocycles. The van der Waals surface area contributed by atoms with Gasteiger partial charge in [-0.1, -0.05) is 0 Å². The molecule has 2 aromatic rings. The second-order valence-electron chi connectivity index (χ2n) is 4.11. The maximum Gasteiger partial charge on any atom is 0.249 e. The summed E-state index contributed by atoms with van der Waals surface area (Å²) in [5.74, 6) is 0.354. The number of anilines is 2. The predicted octanol–water partition coefficient (Wildman–Crippen LogP) is 1.67. The molecule has 1 atom stereocenters. The molecule has 0 radical (unpaired) electrons. The van der Waals surface area contributed by atoms with Crippen LogP contribution in [-0.2, 0) is 4.79 Å². The summed E-state index contributed by atoms with van der Waals surface area (Å²) in [6.07, 6.45) is 3.37. The Kier molecular flexibility index (Phi) is 3.70. The van der Waals surface area contributed by atoms with Crippen molar-refractivity contribution in [3.63, 3.8) is 0 Å². The Morgan fingerprint density at radius 2 is 2.32 bits per heavy atom. The van der Waals surface area contributed by atoms with E-state index in [1.165, 1.54) is 7.11 Å². The van der Waals surface area contributed by atoms with Gasteiger partial charge in [0.15, 0.2) is 0 Å². The topological polar surface area (TPSA) is 82.2 Å². The second-order valence-corrected chi connectivity index (χ2v) is 4.11. The molecule has 19 heavy (non-hydrogen) atoms. The molecule has 6 nitrogen and oxygen atoms in total. The average Bonchev–Trinajstić information content (AvgIpc) is 2.93. The van der Waals surface area contributed by atoms with Crippen LogP contribution in [0.2, 0.25) is 0 Å². The molecule has 3 N–H and O–H groups in total. The number of nitrogens with two attached hydrogens (primary N) is 1. The van der Waals surface area contributed by atoms with Gasteiger partial charge in [0.2, 0.25) is 5.91 Å². The summed E-state index contributed by atoms with van der Waals surface area (Å²) in [5.41, 5.74) is 6.83. The van der Waals surface area contributed by atoms with E-state index in [2.05, 4.69) is 10.4 Å². The second kappa shape index (κ2) is 5.43. The van der Waals surface area contributed by atoms with Crippen LogP contribution in [-0.4, -0.2) is 22.8 Å². The summed E-state index contributed by atoms with van der Waals surface area (Å²) < 4.78 is 6.76. The largest absolute Gasteiger partial charge is 0.494 e. The highest BCUT2D eigenvalue weighted by Crippen LogP contribution is 2.27. The van der Waals surface area contributed by atoms with E-state index in [0.29, 0.717) is 17.1 Å². The quantitative estimate of drug-likeness (QED) is 0.819. The summed E-state index contributed by atoms with van der Waals surface area (Å²) in [5, 5.41) is 6.84. The van der Waals surface area contributed by atoms with E-state index in [1.807, 2.05) is 0 Å². The molecule has 6 heteroatoms. The first-order chi connectivity index (χ1) is 9.11. The molecule has 2 rings (SSSR count). The molecular formula is C13H16N4O2. The molecule has 1 unspecified atom stereocenters. The van der Waals surface area contributed by atoms with Crippen LogP contribution in [0.1, 0.15) is 13.0 Å². The lowest BCUT2D eigenvalue weighted by Crippen LogP contribution is -2.24. The molecule has 0 bridgehead atoms. The summed E-state index contributed by atoms with van der Waals surface area (Å²) >= 11 is 0. The molecule has 0 aliphatic rings. The van der Waals surface area contributed by atoms with Crippen LogP contribution in [0.25, 0.3) is 0 Å². The normalized spacial score (nSPS) is 11.9. The Bertz CT molecular complexity index is 566. The molecule has 0 saturated carbocycles. The molecule has 0 spiro atoms. The summed E-state index contributed by atoms with van der Waals surface area (Å²) in [6.45, 7) is 1.77. The van der Waals surface area contributed by atoms with Crippen LogP contribution in [0, 0.1) is 0 Å². The smallest absolute Gasteiger partial charge is 0.249 e. The summed E-state index contributed by atoms with van der Waals surface area (Å²) in [6, 6.07) is 6.44. The van der Waals surface area contributed by atoms with E-state index >= 15 is 0 Å². The third-order valence-electron chi connectivity index (χ3n) is 2.78. The fourth-order valence-corrected chi connectivity index (χ4v) is 1.68. The van der Waals surface area contributed by atoms with Crippen molar-refractivity contribution in [2.45, 2.75) is 13.0 Å². The predicted molar refractivity (Wildman–Crippen MR) is 73.0 cm³/mol. The van der Waals surface area contributed by atoms with Crippen molar-refractivity contribution in [3.8, 4) is 5.75 Å². The number of aromatic nitrogens is 2. The Morgan fingerprint density at radius 3 is 2.95 bits per heavy atom. The van der Waals surface area contributed by atoms with Crippen molar-refractivity contribution in [3.05, 3.63) is 36.7 Å². The van der Waals surface area contributed by atoms with Gasteiger partial charge in [-0.15, -0.1) is 0 Å². The lowest BCUT2D eigenvalue weighted by atomic mass is 10.2. The number of nitrogens with zero attached hydrogens (tertiary/aromatic N) is 2. The SMILES string of the molecule is COc1cc(N)ccc1NC(=O)C(C)n1cccn1. The van der Waals surface area contributed by atoms with Crippen LogP contribution in [0.15, 0.2) is 36.7 Å². The Hall–Kier alpha value is -2.50. The molecule has 0 fully saturated rings. The molecule has 1 heterocycles. The number of hydrogen-bond donors (Lipinski definition) is 2. The van der Waals surface area contributed by atoms with Crippen molar-refractivity contribution < 1.29 is 9.53 Å². The van der Waals surface area contributed by atoms with Gasteiger partial charge < -0.3 is 15.8 Å². The maximum atomic E-state index is 12.1. The van der Waals surface area contributed by atoms with Gasteiger partial charge in [0.25, 0.3) is 0 Å². The Morgan fingerprint density at radius 1 is 1.53 bits per heavy atom. The Labute approximate surface area is 111 Å². The number of hydrogen-bond acceptors (Lipinski definition) is 4. The zero-order valence-electron chi connectivity index (χ0n) is 10.8. The van der Waals surface area contributed by atoms with Crippen molar-refractivity contribution in [2.24, 2.45) is 0 Å².